The second-order valence-electron chi connectivity index (χ2n) is 5.45. The van der Waals surface area contributed by atoms with Gasteiger partial charge in [-0.2, -0.15) is 5.10 Å². The van der Waals surface area contributed by atoms with Crippen molar-refractivity contribution in [1.29, 1.82) is 0 Å². The zero-order valence-electron chi connectivity index (χ0n) is 13.2. The first-order valence-corrected chi connectivity index (χ1v) is 8.38. The number of anilines is 1. The van der Waals surface area contributed by atoms with Crippen LogP contribution in [0.15, 0.2) is 61.3 Å². The number of fused-ring (bicyclic) bond motifs is 1. The van der Waals surface area contributed by atoms with Crippen molar-refractivity contribution in [3.8, 4) is 11.1 Å². The Morgan fingerprint density at radius 1 is 1.08 bits per heavy atom. The van der Waals surface area contributed by atoms with Crippen LogP contribution in [-0.4, -0.2) is 25.5 Å². The van der Waals surface area contributed by atoms with Gasteiger partial charge in [0.15, 0.2) is 5.65 Å². The maximum atomic E-state index is 12.7. The van der Waals surface area contributed by atoms with Crippen LogP contribution >= 0.6 is 23.2 Å². The van der Waals surface area contributed by atoms with Gasteiger partial charge in [0.2, 0.25) is 0 Å². The number of pyridine rings is 1. The largest absolute Gasteiger partial charge is 0.321 e. The molecule has 0 atom stereocenters. The number of halogens is 2. The summed E-state index contributed by atoms with van der Waals surface area (Å²) in [4.78, 5) is 21.1. The Labute approximate surface area is 158 Å². The normalized spacial score (nSPS) is 10.8. The lowest BCUT2D eigenvalue weighted by molar-refractivity contribution is 0.102. The van der Waals surface area contributed by atoms with Crippen LogP contribution in [0.2, 0.25) is 10.0 Å². The summed E-state index contributed by atoms with van der Waals surface area (Å²) in [5, 5.41) is 8.06. The lowest BCUT2D eigenvalue weighted by Gasteiger charge is -2.12. The summed E-state index contributed by atoms with van der Waals surface area (Å²) >= 11 is 12.4. The number of carbonyl (C=O) groups excluding carboxylic acids is 1. The molecule has 0 aliphatic rings. The average Bonchev–Trinajstić information content (AvgIpc) is 3.08. The van der Waals surface area contributed by atoms with Crippen LogP contribution in [0.4, 0.5) is 5.69 Å². The van der Waals surface area contributed by atoms with Crippen molar-refractivity contribution >= 4 is 40.4 Å². The van der Waals surface area contributed by atoms with Crippen molar-refractivity contribution in [2.45, 2.75) is 0 Å². The fourth-order valence-electron chi connectivity index (χ4n) is 2.60. The molecular weight excluding hydrogens is 373 g/mol. The van der Waals surface area contributed by atoms with Gasteiger partial charge in [0.05, 0.1) is 11.9 Å². The Hall–Kier alpha value is -2.96. The molecule has 0 bridgehead atoms. The monoisotopic (exact) mass is 383 g/mol. The van der Waals surface area contributed by atoms with E-state index in [9.17, 15) is 4.79 Å². The maximum Gasteiger partial charge on any atom is 0.261 e. The molecule has 0 saturated heterocycles. The molecule has 0 spiro atoms. The standard InChI is InChI=1S/C18H11Cl2N5O/c19-11-2-3-15(20)12(8-11)13-9-21-6-4-16(13)24-18(26)14-10-23-25-7-1-5-22-17(14)25/h1-10H,(H,21,24,26). The third kappa shape index (κ3) is 3.00. The third-order valence-corrected chi connectivity index (χ3v) is 4.38. The highest BCUT2D eigenvalue weighted by molar-refractivity contribution is 6.35. The number of nitrogens with zero attached hydrogens (tertiary/aromatic N) is 4. The van der Waals surface area contributed by atoms with E-state index in [0.717, 1.165) is 0 Å². The molecule has 4 rings (SSSR count). The van der Waals surface area contributed by atoms with Crippen LogP contribution in [0.1, 0.15) is 10.4 Å². The van der Waals surface area contributed by atoms with E-state index in [4.69, 9.17) is 23.2 Å². The molecule has 3 aromatic heterocycles. The minimum Gasteiger partial charge on any atom is -0.321 e. The summed E-state index contributed by atoms with van der Waals surface area (Å²) in [6.45, 7) is 0. The number of aromatic nitrogens is 4. The van der Waals surface area contributed by atoms with Crippen LogP contribution in [0.5, 0.6) is 0 Å². The zero-order chi connectivity index (χ0) is 18.1. The number of carbonyl (C=O) groups is 1. The van der Waals surface area contributed by atoms with Crippen molar-refractivity contribution in [3.63, 3.8) is 0 Å². The molecule has 1 amide bonds. The van der Waals surface area contributed by atoms with Gasteiger partial charge in [-0.1, -0.05) is 23.2 Å². The molecule has 26 heavy (non-hydrogen) atoms. The molecule has 1 N–H and O–H groups in total. The molecule has 8 heteroatoms. The fraction of sp³-hybridized carbons (Fsp3) is 0. The van der Waals surface area contributed by atoms with Gasteiger partial charge >= 0.3 is 0 Å². The first-order valence-electron chi connectivity index (χ1n) is 7.62. The Kier molecular flexibility index (Phi) is 4.28. The van der Waals surface area contributed by atoms with E-state index in [1.807, 2.05) is 0 Å². The van der Waals surface area contributed by atoms with Crippen LogP contribution < -0.4 is 5.32 Å². The fourth-order valence-corrected chi connectivity index (χ4v) is 2.99. The number of hydrogen-bond donors (Lipinski definition) is 1. The number of amides is 1. The van der Waals surface area contributed by atoms with Crippen LogP contribution in [0, 0.1) is 0 Å². The third-order valence-electron chi connectivity index (χ3n) is 3.81. The van der Waals surface area contributed by atoms with E-state index in [-0.39, 0.29) is 5.91 Å². The second-order valence-corrected chi connectivity index (χ2v) is 6.29. The quantitative estimate of drug-likeness (QED) is 0.570. The summed E-state index contributed by atoms with van der Waals surface area (Å²) in [7, 11) is 0. The number of nitrogens with one attached hydrogen (secondary N) is 1. The minimum atomic E-state index is -0.329. The molecule has 0 aliphatic heterocycles. The van der Waals surface area contributed by atoms with Gasteiger partial charge in [-0.25, -0.2) is 9.50 Å². The highest BCUT2D eigenvalue weighted by Crippen LogP contribution is 2.34. The average molecular weight is 384 g/mol. The maximum absolute atomic E-state index is 12.7. The van der Waals surface area contributed by atoms with Crippen molar-refractivity contribution in [2.75, 3.05) is 5.32 Å². The molecule has 4 aromatic rings. The van der Waals surface area contributed by atoms with E-state index in [0.29, 0.717) is 38.1 Å². The molecule has 0 unspecified atom stereocenters. The lowest BCUT2D eigenvalue weighted by atomic mass is 10.1. The SMILES string of the molecule is O=C(Nc1ccncc1-c1cc(Cl)ccc1Cl)c1cnn2cccnc12. The van der Waals surface area contributed by atoms with Gasteiger partial charge < -0.3 is 5.32 Å². The molecule has 6 nitrogen and oxygen atoms in total. The summed E-state index contributed by atoms with van der Waals surface area (Å²) in [5.74, 6) is -0.329. The van der Waals surface area contributed by atoms with Crippen LogP contribution in [0.3, 0.4) is 0 Å². The van der Waals surface area contributed by atoms with Gasteiger partial charge in [0.25, 0.3) is 5.91 Å². The van der Waals surface area contributed by atoms with Gasteiger partial charge in [0, 0.05) is 46.0 Å². The van der Waals surface area contributed by atoms with E-state index in [1.54, 1.807) is 55.1 Å². The van der Waals surface area contributed by atoms with Crippen molar-refractivity contribution < 1.29 is 4.79 Å². The summed E-state index contributed by atoms with van der Waals surface area (Å²) < 4.78 is 1.54. The Bertz CT molecular complexity index is 1130. The summed E-state index contributed by atoms with van der Waals surface area (Å²) in [6, 6.07) is 8.57. The lowest BCUT2D eigenvalue weighted by Crippen LogP contribution is -2.13. The van der Waals surface area contributed by atoms with Crippen molar-refractivity contribution in [3.05, 3.63) is 76.9 Å². The predicted octanol–water partition coefficient (Wildman–Crippen LogP) is 4.35. The van der Waals surface area contributed by atoms with Gasteiger partial charge in [-0.15, -0.1) is 0 Å². The molecule has 0 aliphatic carbocycles. The molecule has 0 radical (unpaired) electrons. The molecular formula is C18H11Cl2N5O. The molecule has 0 fully saturated rings. The second kappa shape index (κ2) is 6.74. The number of benzene rings is 1. The molecule has 3 heterocycles. The van der Waals surface area contributed by atoms with E-state index in [2.05, 4.69) is 20.4 Å². The molecule has 1 aromatic carbocycles. The van der Waals surface area contributed by atoms with Crippen molar-refractivity contribution in [1.82, 2.24) is 19.6 Å². The Morgan fingerprint density at radius 2 is 1.96 bits per heavy atom. The van der Waals surface area contributed by atoms with Crippen molar-refractivity contribution in [2.24, 2.45) is 0 Å². The molecule has 0 saturated carbocycles. The highest BCUT2D eigenvalue weighted by Gasteiger charge is 2.17. The van der Waals surface area contributed by atoms with Crippen LogP contribution in [-0.2, 0) is 0 Å². The summed E-state index contributed by atoms with van der Waals surface area (Å²) in [5.41, 5.74) is 2.75. The first-order chi connectivity index (χ1) is 12.6. The Balaban J connectivity index is 1.73. The summed E-state index contributed by atoms with van der Waals surface area (Å²) in [6.07, 6.45) is 8.03. The van der Waals surface area contributed by atoms with Crippen LogP contribution in [0.25, 0.3) is 16.8 Å². The zero-order valence-corrected chi connectivity index (χ0v) is 14.7. The van der Waals surface area contributed by atoms with Gasteiger partial charge in [-0.3, -0.25) is 9.78 Å². The smallest absolute Gasteiger partial charge is 0.261 e. The van der Waals surface area contributed by atoms with E-state index < -0.39 is 0 Å². The van der Waals surface area contributed by atoms with Gasteiger partial charge in [0.1, 0.15) is 5.56 Å². The van der Waals surface area contributed by atoms with E-state index in [1.165, 1.54) is 10.7 Å². The van der Waals surface area contributed by atoms with Gasteiger partial charge in [-0.05, 0) is 30.3 Å². The number of hydrogen-bond acceptors (Lipinski definition) is 4. The number of rotatable bonds is 3. The topological polar surface area (TPSA) is 72.2 Å². The predicted molar refractivity (Wildman–Crippen MR) is 101 cm³/mol. The first kappa shape index (κ1) is 16.5. The minimum absolute atomic E-state index is 0.329. The van der Waals surface area contributed by atoms with E-state index >= 15 is 0 Å². The highest BCUT2D eigenvalue weighted by atomic mass is 35.5. The molecule has 128 valence electrons. The Morgan fingerprint density at radius 3 is 2.85 bits per heavy atom.